The molecule has 1 fully saturated rings. The molecule has 0 spiro atoms. The van der Waals surface area contributed by atoms with Gasteiger partial charge in [-0.15, -0.1) is 0 Å². The molecule has 1 atom stereocenters. The summed E-state index contributed by atoms with van der Waals surface area (Å²) >= 11 is 1.34. The van der Waals surface area contributed by atoms with Gasteiger partial charge in [0.25, 0.3) is 0 Å². The van der Waals surface area contributed by atoms with Gasteiger partial charge in [-0.2, -0.15) is 9.64 Å². The lowest BCUT2D eigenvalue weighted by molar-refractivity contribution is 0.491. The Hall–Kier alpha value is -3.77. The van der Waals surface area contributed by atoms with Crippen molar-refractivity contribution in [3.8, 4) is 17.3 Å². The van der Waals surface area contributed by atoms with Crippen LogP contribution in [0.5, 0.6) is 0 Å². The number of benzene rings is 1. The average Bonchev–Trinajstić information content (AvgIpc) is 3.49. The number of aryl methyl sites for hydroxylation is 1. The normalized spacial score (nSPS) is 16.0. The van der Waals surface area contributed by atoms with E-state index in [0.717, 1.165) is 59.5 Å². The predicted octanol–water partition coefficient (Wildman–Crippen LogP) is 4.63. The quantitative estimate of drug-likeness (QED) is 0.464. The number of hydrogen-bond donors (Lipinski definition) is 2. The molecule has 8 nitrogen and oxygen atoms in total. The summed E-state index contributed by atoms with van der Waals surface area (Å²) in [6, 6.07) is 14.3. The highest BCUT2D eigenvalue weighted by Gasteiger charge is 2.25. The second-order valence-electron chi connectivity index (χ2n) is 7.83. The standard InChI is InChI=1S/C23H22N8S/c1-15-10-21(32-30-15)29-23-18(11-24)25-13-20(28-23)31-9-5-8-17(14-31)22-26-12-19(27-22)16-6-3-2-4-7-16/h2-4,6-7,10,12-13,17H,5,8-9,14H2,1H3,(H,26,27)(H,28,29). The van der Waals surface area contributed by atoms with Crippen molar-refractivity contribution >= 4 is 28.2 Å². The van der Waals surface area contributed by atoms with Crippen molar-refractivity contribution in [1.82, 2.24) is 24.3 Å². The van der Waals surface area contributed by atoms with Gasteiger partial charge < -0.3 is 15.2 Å². The number of anilines is 3. The van der Waals surface area contributed by atoms with Gasteiger partial charge in [0.2, 0.25) is 0 Å². The summed E-state index contributed by atoms with van der Waals surface area (Å²) in [5.41, 5.74) is 3.35. The number of nitrogens with one attached hydrogen (secondary N) is 2. The van der Waals surface area contributed by atoms with E-state index in [0.29, 0.717) is 5.82 Å². The molecule has 1 aromatic carbocycles. The van der Waals surface area contributed by atoms with Gasteiger partial charge in [-0.1, -0.05) is 30.3 Å². The van der Waals surface area contributed by atoms with Crippen molar-refractivity contribution in [2.45, 2.75) is 25.7 Å². The van der Waals surface area contributed by atoms with Crippen molar-refractivity contribution in [2.24, 2.45) is 0 Å². The van der Waals surface area contributed by atoms with Gasteiger partial charge in [-0.3, -0.25) is 0 Å². The lowest BCUT2D eigenvalue weighted by atomic mass is 9.97. The summed E-state index contributed by atoms with van der Waals surface area (Å²) in [7, 11) is 0. The zero-order valence-corrected chi connectivity index (χ0v) is 18.4. The number of piperidine rings is 1. The third-order valence-corrected chi connectivity index (χ3v) is 6.34. The first-order valence-electron chi connectivity index (χ1n) is 10.5. The fourth-order valence-electron chi connectivity index (χ4n) is 3.96. The molecule has 1 aliphatic rings. The smallest absolute Gasteiger partial charge is 0.183 e. The van der Waals surface area contributed by atoms with Crippen LogP contribution in [0.3, 0.4) is 0 Å². The molecule has 0 saturated carbocycles. The van der Waals surface area contributed by atoms with Crippen molar-refractivity contribution in [3.05, 3.63) is 66.0 Å². The monoisotopic (exact) mass is 442 g/mol. The number of imidazole rings is 1. The van der Waals surface area contributed by atoms with Crippen LogP contribution in [-0.4, -0.2) is 37.4 Å². The number of aromatic amines is 1. The highest BCUT2D eigenvalue weighted by atomic mass is 32.1. The van der Waals surface area contributed by atoms with Crippen LogP contribution in [0.1, 0.15) is 36.0 Å². The Kier molecular flexibility index (Phi) is 5.52. The first-order chi connectivity index (χ1) is 15.7. The fourth-order valence-corrected chi connectivity index (χ4v) is 4.62. The molecule has 0 amide bonds. The molecule has 0 bridgehead atoms. The van der Waals surface area contributed by atoms with Crippen LogP contribution in [-0.2, 0) is 0 Å². The number of rotatable bonds is 5. The van der Waals surface area contributed by atoms with Crippen LogP contribution < -0.4 is 10.2 Å². The predicted molar refractivity (Wildman–Crippen MR) is 125 cm³/mol. The molecule has 1 aliphatic heterocycles. The largest absolute Gasteiger partial charge is 0.355 e. The van der Waals surface area contributed by atoms with Gasteiger partial charge in [-0.05, 0) is 42.9 Å². The van der Waals surface area contributed by atoms with E-state index < -0.39 is 0 Å². The molecule has 1 saturated heterocycles. The molecule has 4 aromatic rings. The maximum absolute atomic E-state index is 9.46. The van der Waals surface area contributed by atoms with Gasteiger partial charge in [0, 0.05) is 19.0 Å². The second kappa shape index (κ2) is 8.77. The summed E-state index contributed by atoms with van der Waals surface area (Å²) in [6.45, 7) is 3.62. The Balaban J connectivity index is 1.36. The molecule has 160 valence electrons. The van der Waals surface area contributed by atoms with Gasteiger partial charge in [0.15, 0.2) is 11.5 Å². The molecular formula is C23H22N8S. The number of nitrogens with zero attached hydrogens (tertiary/aromatic N) is 6. The molecule has 1 unspecified atom stereocenters. The first-order valence-corrected chi connectivity index (χ1v) is 11.3. The highest BCUT2D eigenvalue weighted by Crippen LogP contribution is 2.30. The van der Waals surface area contributed by atoms with E-state index in [9.17, 15) is 5.26 Å². The summed E-state index contributed by atoms with van der Waals surface area (Å²) in [5.74, 6) is 2.49. The SMILES string of the molecule is Cc1cc(Nc2nc(N3CCCC(c4ncc(-c5ccccc5)[nH]4)C3)cnc2C#N)sn1. The minimum Gasteiger partial charge on any atom is -0.355 e. The Morgan fingerprint density at radius 3 is 2.88 bits per heavy atom. The molecule has 2 N–H and O–H groups in total. The van der Waals surface area contributed by atoms with Gasteiger partial charge in [0.1, 0.15) is 22.7 Å². The number of nitriles is 1. The Labute approximate surface area is 190 Å². The minimum absolute atomic E-state index is 0.270. The van der Waals surface area contributed by atoms with E-state index in [1.807, 2.05) is 37.4 Å². The third kappa shape index (κ3) is 4.18. The van der Waals surface area contributed by atoms with Crippen LogP contribution in [0.15, 0.2) is 48.8 Å². The number of aromatic nitrogens is 5. The molecule has 0 radical (unpaired) electrons. The Bertz CT molecular complexity index is 1260. The second-order valence-corrected chi connectivity index (χ2v) is 8.63. The lowest BCUT2D eigenvalue weighted by Crippen LogP contribution is -2.35. The van der Waals surface area contributed by atoms with E-state index in [2.05, 4.69) is 47.7 Å². The average molecular weight is 443 g/mol. The van der Waals surface area contributed by atoms with Crippen molar-refractivity contribution in [2.75, 3.05) is 23.3 Å². The topological polar surface area (TPSA) is 106 Å². The molecule has 0 aliphatic carbocycles. The molecule has 3 aromatic heterocycles. The van der Waals surface area contributed by atoms with E-state index >= 15 is 0 Å². The summed E-state index contributed by atoms with van der Waals surface area (Å²) in [6.07, 6.45) is 5.68. The molecule has 9 heteroatoms. The van der Waals surface area contributed by atoms with E-state index in [1.165, 1.54) is 11.5 Å². The Morgan fingerprint density at radius 1 is 1.22 bits per heavy atom. The maximum atomic E-state index is 9.46. The summed E-state index contributed by atoms with van der Waals surface area (Å²) in [4.78, 5) is 19.5. The van der Waals surface area contributed by atoms with Crippen molar-refractivity contribution < 1.29 is 0 Å². The van der Waals surface area contributed by atoms with Crippen LogP contribution in [0.2, 0.25) is 0 Å². The van der Waals surface area contributed by atoms with E-state index in [1.54, 1.807) is 6.20 Å². The van der Waals surface area contributed by atoms with Crippen LogP contribution in [0.25, 0.3) is 11.3 Å². The van der Waals surface area contributed by atoms with E-state index in [-0.39, 0.29) is 11.6 Å². The molecule has 32 heavy (non-hydrogen) atoms. The van der Waals surface area contributed by atoms with Crippen molar-refractivity contribution in [3.63, 3.8) is 0 Å². The molecular weight excluding hydrogens is 420 g/mol. The number of hydrogen-bond acceptors (Lipinski definition) is 8. The zero-order chi connectivity index (χ0) is 21.9. The van der Waals surface area contributed by atoms with Crippen molar-refractivity contribution in [1.29, 1.82) is 5.26 Å². The summed E-state index contributed by atoms with van der Waals surface area (Å²) < 4.78 is 4.28. The van der Waals surface area contributed by atoms with Gasteiger partial charge in [-0.25, -0.2) is 15.0 Å². The number of H-pyrrole nitrogens is 1. The van der Waals surface area contributed by atoms with Gasteiger partial charge in [0.05, 0.1) is 23.8 Å². The third-order valence-electron chi connectivity index (χ3n) is 5.55. The van der Waals surface area contributed by atoms with Crippen LogP contribution in [0, 0.1) is 18.3 Å². The highest BCUT2D eigenvalue weighted by molar-refractivity contribution is 7.10. The fraction of sp³-hybridized carbons (Fsp3) is 0.261. The lowest BCUT2D eigenvalue weighted by Gasteiger charge is -2.32. The molecule has 4 heterocycles. The van der Waals surface area contributed by atoms with Gasteiger partial charge >= 0.3 is 0 Å². The summed E-state index contributed by atoms with van der Waals surface area (Å²) in [5, 5.41) is 13.5. The van der Waals surface area contributed by atoms with Crippen LogP contribution >= 0.6 is 11.5 Å². The van der Waals surface area contributed by atoms with Crippen LogP contribution in [0.4, 0.5) is 16.6 Å². The molecule has 5 rings (SSSR count). The Morgan fingerprint density at radius 2 is 2.09 bits per heavy atom. The van der Waals surface area contributed by atoms with E-state index in [4.69, 9.17) is 4.98 Å². The first kappa shape index (κ1) is 20.2. The zero-order valence-electron chi connectivity index (χ0n) is 17.6. The minimum atomic E-state index is 0.270. The maximum Gasteiger partial charge on any atom is 0.183 e.